The van der Waals surface area contributed by atoms with Gasteiger partial charge in [-0.25, -0.2) is 0 Å². The fraction of sp³-hybridized carbons (Fsp3) is 0.364. The molecule has 1 aromatic carbocycles. The van der Waals surface area contributed by atoms with Crippen molar-refractivity contribution in [2.24, 2.45) is 0 Å². The van der Waals surface area contributed by atoms with Crippen molar-refractivity contribution in [3.8, 4) is 6.07 Å². The number of rotatable bonds is 4. The van der Waals surface area contributed by atoms with Crippen LogP contribution in [0.4, 0.5) is 5.69 Å². The number of hydrogen-bond acceptors (Lipinski definition) is 4. The zero-order valence-electron chi connectivity index (χ0n) is 8.51. The van der Waals surface area contributed by atoms with Crippen molar-refractivity contribution in [1.29, 1.82) is 5.26 Å². The minimum atomic E-state index is -1.03. The fourth-order valence-corrected chi connectivity index (χ4v) is 1.27. The normalized spacial score (nSPS) is 14.0. The van der Waals surface area contributed by atoms with Gasteiger partial charge in [0.2, 0.25) is 0 Å². The smallest absolute Gasteiger partial charge is 0.106 e. The summed E-state index contributed by atoms with van der Waals surface area (Å²) in [5.41, 5.74) is 1.54. The van der Waals surface area contributed by atoms with Crippen molar-refractivity contribution in [1.82, 2.24) is 0 Å². The molecule has 4 heteroatoms. The average molecular weight is 206 g/mol. The van der Waals surface area contributed by atoms with E-state index in [1.54, 1.807) is 31.3 Å². The van der Waals surface area contributed by atoms with E-state index in [9.17, 15) is 10.2 Å². The van der Waals surface area contributed by atoms with Crippen LogP contribution in [-0.2, 0) is 0 Å². The largest absolute Gasteiger partial charge is 0.389 e. The third-order valence-corrected chi connectivity index (χ3v) is 2.21. The summed E-state index contributed by atoms with van der Waals surface area (Å²) in [5, 5.41) is 30.4. The summed E-state index contributed by atoms with van der Waals surface area (Å²) in [7, 11) is 1.80. The van der Waals surface area contributed by atoms with Gasteiger partial charge in [0.15, 0.2) is 0 Å². The Hall–Kier alpha value is -1.57. The van der Waals surface area contributed by atoms with Crippen molar-refractivity contribution in [3.63, 3.8) is 0 Å². The zero-order valence-corrected chi connectivity index (χ0v) is 8.51. The Labute approximate surface area is 88.8 Å². The van der Waals surface area contributed by atoms with Gasteiger partial charge in [0.05, 0.1) is 18.6 Å². The van der Waals surface area contributed by atoms with Crippen LogP contribution in [0.3, 0.4) is 0 Å². The molecule has 1 aromatic rings. The van der Waals surface area contributed by atoms with Crippen molar-refractivity contribution in [2.75, 3.05) is 12.4 Å². The van der Waals surface area contributed by atoms with Crippen LogP contribution in [0, 0.1) is 11.3 Å². The maximum Gasteiger partial charge on any atom is 0.106 e. The van der Waals surface area contributed by atoms with E-state index in [0.29, 0.717) is 5.56 Å². The Morgan fingerprint density at radius 1 is 1.33 bits per heavy atom. The van der Waals surface area contributed by atoms with E-state index in [1.807, 2.05) is 6.07 Å². The molecule has 1 rings (SSSR count). The van der Waals surface area contributed by atoms with Gasteiger partial charge in [0, 0.05) is 12.7 Å². The van der Waals surface area contributed by atoms with Gasteiger partial charge in [-0.05, 0) is 17.7 Å². The first-order valence-electron chi connectivity index (χ1n) is 4.70. The van der Waals surface area contributed by atoms with E-state index in [4.69, 9.17) is 5.26 Å². The van der Waals surface area contributed by atoms with Gasteiger partial charge >= 0.3 is 0 Å². The highest BCUT2D eigenvalue weighted by atomic mass is 16.3. The van der Waals surface area contributed by atoms with E-state index in [1.165, 1.54) is 0 Å². The van der Waals surface area contributed by atoms with Crippen molar-refractivity contribution < 1.29 is 10.2 Å². The molecule has 0 bridgehead atoms. The van der Waals surface area contributed by atoms with Gasteiger partial charge in [-0.2, -0.15) is 5.26 Å². The van der Waals surface area contributed by atoms with Gasteiger partial charge in [0.1, 0.15) is 6.10 Å². The molecule has 3 N–H and O–H groups in total. The highest BCUT2D eigenvalue weighted by molar-refractivity contribution is 5.44. The molecule has 0 saturated heterocycles. The van der Waals surface area contributed by atoms with Crippen LogP contribution in [0.15, 0.2) is 24.3 Å². The van der Waals surface area contributed by atoms with Crippen LogP contribution in [0.25, 0.3) is 0 Å². The third-order valence-electron chi connectivity index (χ3n) is 2.21. The lowest BCUT2D eigenvalue weighted by Crippen LogP contribution is -2.17. The second-order valence-electron chi connectivity index (χ2n) is 3.25. The number of aliphatic hydroxyl groups excluding tert-OH is 2. The molecular weight excluding hydrogens is 192 g/mol. The van der Waals surface area contributed by atoms with Crippen LogP contribution in [0.2, 0.25) is 0 Å². The Kier molecular flexibility index (Phi) is 4.10. The van der Waals surface area contributed by atoms with Crippen LogP contribution < -0.4 is 5.32 Å². The molecule has 2 atom stereocenters. The van der Waals surface area contributed by atoms with Gasteiger partial charge in [-0.1, -0.05) is 12.1 Å². The number of nitriles is 1. The number of hydrogen-bond donors (Lipinski definition) is 3. The molecule has 0 heterocycles. The molecular formula is C11H14N2O2. The Morgan fingerprint density at radius 2 is 1.93 bits per heavy atom. The number of aliphatic hydroxyl groups is 2. The van der Waals surface area contributed by atoms with E-state index in [-0.39, 0.29) is 6.42 Å². The van der Waals surface area contributed by atoms with E-state index in [0.717, 1.165) is 5.69 Å². The van der Waals surface area contributed by atoms with Gasteiger partial charge in [-0.15, -0.1) is 0 Å². The third kappa shape index (κ3) is 2.94. The minimum Gasteiger partial charge on any atom is -0.389 e. The Bertz CT molecular complexity index is 343. The highest BCUT2D eigenvalue weighted by Crippen LogP contribution is 2.20. The molecule has 2 unspecified atom stereocenters. The first-order valence-corrected chi connectivity index (χ1v) is 4.70. The Balaban J connectivity index is 2.74. The lowest BCUT2D eigenvalue weighted by molar-refractivity contribution is 0.0216. The summed E-state index contributed by atoms with van der Waals surface area (Å²) in [5.74, 6) is 0. The highest BCUT2D eigenvalue weighted by Gasteiger charge is 2.17. The summed E-state index contributed by atoms with van der Waals surface area (Å²) in [6.45, 7) is 0. The minimum absolute atomic E-state index is 0.0745. The van der Waals surface area contributed by atoms with Crippen molar-refractivity contribution >= 4 is 5.69 Å². The second-order valence-corrected chi connectivity index (χ2v) is 3.25. The van der Waals surface area contributed by atoms with Crippen molar-refractivity contribution in [2.45, 2.75) is 18.6 Å². The first kappa shape index (κ1) is 11.5. The van der Waals surface area contributed by atoms with Crippen molar-refractivity contribution in [3.05, 3.63) is 29.8 Å². The Morgan fingerprint density at radius 3 is 2.40 bits per heavy atom. The number of nitrogens with one attached hydrogen (secondary N) is 1. The van der Waals surface area contributed by atoms with E-state index < -0.39 is 12.2 Å². The molecule has 0 aliphatic carbocycles. The first-order chi connectivity index (χ1) is 7.19. The standard InChI is InChI=1S/C11H14N2O2/c1-13-9-4-2-8(3-5-9)11(15)10(14)6-7-12/h2-5,10-11,13-15H,6H2,1H3. The van der Waals surface area contributed by atoms with E-state index in [2.05, 4.69) is 5.32 Å². The van der Waals surface area contributed by atoms with Gasteiger partial charge in [-0.3, -0.25) is 0 Å². The summed E-state index contributed by atoms with van der Waals surface area (Å²) < 4.78 is 0. The zero-order chi connectivity index (χ0) is 11.3. The summed E-state index contributed by atoms with van der Waals surface area (Å²) >= 11 is 0. The second kappa shape index (κ2) is 5.35. The lowest BCUT2D eigenvalue weighted by atomic mass is 10.0. The molecule has 0 amide bonds. The SMILES string of the molecule is CNc1ccc(C(O)C(O)CC#N)cc1. The van der Waals surface area contributed by atoms with Gasteiger partial charge in [0.25, 0.3) is 0 Å². The van der Waals surface area contributed by atoms with Crippen LogP contribution >= 0.6 is 0 Å². The molecule has 0 aliphatic heterocycles. The lowest BCUT2D eigenvalue weighted by Gasteiger charge is -2.15. The summed E-state index contributed by atoms with van der Waals surface area (Å²) in [6, 6.07) is 8.86. The molecule has 0 spiro atoms. The molecule has 0 radical (unpaired) electrons. The molecule has 80 valence electrons. The maximum atomic E-state index is 9.66. The topological polar surface area (TPSA) is 76.3 Å². The average Bonchev–Trinajstić information content (AvgIpc) is 2.28. The van der Waals surface area contributed by atoms with Crippen LogP contribution in [0.1, 0.15) is 18.1 Å². The molecule has 4 nitrogen and oxygen atoms in total. The predicted octanol–water partition coefficient (Wildman–Crippen LogP) is 1.04. The maximum absolute atomic E-state index is 9.66. The molecule has 0 aromatic heterocycles. The number of anilines is 1. The predicted molar refractivity (Wildman–Crippen MR) is 57.2 cm³/mol. The van der Waals surface area contributed by atoms with Gasteiger partial charge < -0.3 is 15.5 Å². The summed E-state index contributed by atoms with van der Waals surface area (Å²) in [6.07, 6.45) is -2.11. The number of nitrogens with zero attached hydrogens (tertiary/aromatic N) is 1. The van der Waals surface area contributed by atoms with E-state index >= 15 is 0 Å². The quantitative estimate of drug-likeness (QED) is 0.688. The fourth-order valence-electron chi connectivity index (χ4n) is 1.27. The molecule has 0 fully saturated rings. The molecule has 15 heavy (non-hydrogen) atoms. The monoisotopic (exact) mass is 206 g/mol. The van der Waals surface area contributed by atoms with Crippen LogP contribution in [0.5, 0.6) is 0 Å². The summed E-state index contributed by atoms with van der Waals surface area (Å²) in [4.78, 5) is 0. The molecule has 0 saturated carbocycles. The number of benzene rings is 1. The van der Waals surface area contributed by atoms with Crippen LogP contribution in [-0.4, -0.2) is 23.4 Å². The molecule has 0 aliphatic rings.